The van der Waals surface area contributed by atoms with E-state index in [1.165, 1.54) is 0 Å². The van der Waals surface area contributed by atoms with Gasteiger partial charge in [-0.2, -0.15) is 0 Å². The molecular formula is C7H13N3OS. The molecular weight excluding hydrogens is 174 g/mol. The number of aryl methyl sites for hydroxylation is 1. The highest BCUT2D eigenvalue weighted by Crippen LogP contribution is 2.15. The van der Waals surface area contributed by atoms with Crippen LogP contribution >= 0.6 is 11.8 Å². The number of rotatable bonds is 4. The Labute approximate surface area is 76.1 Å². The van der Waals surface area contributed by atoms with Crippen LogP contribution in [0.4, 0.5) is 0 Å². The average molecular weight is 187 g/mol. The van der Waals surface area contributed by atoms with Crippen molar-refractivity contribution in [1.29, 1.82) is 0 Å². The standard InChI is InChI=1S/C7H13N3OS/c1-5(8-3)4-12-7-10-9-6(2)11-7/h5,8H,4H2,1-3H3. The van der Waals surface area contributed by atoms with Crippen molar-refractivity contribution in [3.05, 3.63) is 5.89 Å². The van der Waals surface area contributed by atoms with E-state index in [-0.39, 0.29) is 0 Å². The predicted octanol–water partition coefficient (Wildman–Crippen LogP) is 1.08. The van der Waals surface area contributed by atoms with E-state index in [9.17, 15) is 0 Å². The lowest BCUT2D eigenvalue weighted by molar-refractivity contribution is 0.429. The molecule has 1 aromatic rings. The Morgan fingerprint density at radius 3 is 2.83 bits per heavy atom. The Hall–Kier alpha value is -0.550. The first kappa shape index (κ1) is 9.54. The molecule has 0 aliphatic rings. The molecule has 5 heteroatoms. The summed E-state index contributed by atoms with van der Waals surface area (Å²) in [6, 6.07) is 0.460. The molecule has 1 unspecified atom stereocenters. The molecule has 1 N–H and O–H groups in total. The van der Waals surface area contributed by atoms with Gasteiger partial charge in [-0.05, 0) is 14.0 Å². The molecule has 4 nitrogen and oxygen atoms in total. The van der Waals surface area contributed by atoms with Crippen molar-refractivity contribution in [2.45, 2.75) is 25.1 Å². The van der Waals surface area contributed by atoms with Gasteiger partial charge in [-0.1, -0.05) is 11.8 Å². The number of nitrogens with zero attached hydrogens (tertiary/aromatic N) is 2. The minimum absolute atomic E-state index is 0.460. The Morgan fingerprint density at radius 1 is 1.58 bits per heavy atom. The van der Waals surface area contributed by atoms with Gasteiger partial charge in [-0.3, -0.25) is 0 Å². The summed E-state index contributed by atoms with van der Waals surface area (Å²) in [5.74, 6) is 1.56. The molecule has 0 spiro atoms. The molecule has 68 valence electrons. The first-order chi connectivity index (χ1) is 5.72. The largest absolute Gasteiger partial charge is 0.416 e. The minimum Gasteiger partial charge on any atom is -0.416 e. The maximum absolute atomic E-state index is 5.19. The molecule has 1 heterocycles. The summed E-state index contributed by atoms with van der Waals surface area (Å²) in [6.45, 7) is 3.90. The zero-order valence-corrected chi connectivity index (χ0v) is 8.31. The fraction of sp³-hybridized carbons (Fsp3) is 0.714. The smallest absolute Gasteiger partial charge is 0.276 e. The van der Waals surface area contributed by atoms with E-state index < -0.39 is 0 Å². The van der Waals surface area contributed by atoms with Gasteiger partial charge in [0.15, 0.2) is 0 Å². The number of hydrogen-bond acceptors (Lipinski definition) is 5. The maximum atomic E-state index is 5.19. The zero-order chi connectivity index (χ0) is 8.97. The molecule has 0 amide bonds. The van der Waals surface area contributed by atoms with Crippen molar-refractivity contribution in [3.8, 4) is 0 Å². The van der Waals surface area contributed by atoms with Crippen LogP contribution in [0.25, 0.3) is 0 Å². The summed E-state index contributed by atoms with van der Waals surface area (Å²) in [7, 11) is 1.93. The molecule has 0 saturated carbocycles. The van der Waals surface area contributed by atoms with Crippen molar-refractivity contribution in [2.24, 2.45) is 0 Å². The Morgan fingerprint density at radius 2 is 2.33 bits per heavy atom. The molecule has 0 saturated heterocycles. The lowest BCUT2D eigenvalue weighted by Gasteiger charge is -2.05. The normalized spacial score (nSPS) is 13.2. The third-order valence-corrected chi connectivity index (χ3v) is 2.54. The van der Waals surface area contributed by atoms with Gasteiger partial charge >= 0.3 is 0 Å². The Kier molecular flexibility index (Phi) is 3.55. The fourth-order valence-electron chi connectivity index (χ4n) is 0.616. The van der Waals surface area contributed by atoms with E-state index in [2.05, 4.69) is 22.4 Å². The van der Waals surface area contributed by atoms with Crippen LogP contribution in [-0.4, -0.2) is 29.0 Å². The molecule has 1 aromatic heterocycles. The summed E-state index contributed by atoms with van der Waals surface area (Å²) >= 11 is 1.57. The van der Waals surface area contributed by atoms with E-state index in [0.29, 0.717) is 17.2 Å². The molecule has 0 radical (unpaired) electrons. The molecule has 1 rings (SSSR count). The number of nitrogens with one attached hydrogen (secondary N) is 1. The molecule has 0 aliphatic heterocycles. The van der Waals surface area contributed by atoms with Gasteiger partial charge in [0.1, 0.15) is 0 Å². The Balaban J connectivity index is 2.33. The SMILES string of the molecule is CNC(C)CSc1nnc(C)o1. The van der Waals surface area contributed by atoms with Crippen molar-refractivity contribution >= 4 is 11.8 Å². The number of hydrogen-bond donors (Lipinski definition) is 1. The number of aromatic nitrogens is 2. The molecule has 0 aliphatic carbocycles. The van der Waals surface area contributed by atoms with Crippen LogP contribution in [0.2, 0.25) is 0 Å². The van der Waals surface area contributed by atoms with E-state index in [0.717, 1.165) is 5.75 Å². The molecule has 0 aromatic carbocycles. The second-order valence-corrected chi connectivity index (χ2v) is 3.56. The van der Waals surface area contributed by atoms with Gasteiger partial charge in [-0.25, -0.2) is 0 Å². The summed E-state index contributed by atoms with van der Waals surface area (Å²) in [5, 5.41) is 11.4. The Bertz CT molecular complexity index is 238. The van der Waals surface area contributed by atoms with E-state index in [1.807, 2.05) is 7.05 Å². The van der Waals surface area contributed by atoms with Gasteiger partial charge in [0.25, 0.3) is 5.22 Å². The van der Waals surface area contributed by atoms with Gasteiger partial charge in [0, 0.05) is 18.7 Å². The van der Waals surface area contributed by atoms with Gasteiger partial charge < -0.3 is 9.73 Å². The molecule has 0 fully saturated rings. The minimum atomic E-state index is 0.460. The molecule has 0 bridgehead atoms. The fourth-order valence-corrected chi connectivity index (χ4v) is 1.45. The van der Waals surface area contributed by atoms with Gasteiger partial charge in [-0.15, -0.1) is 10.2 Å². The van der Waals surface area contributed by atoms with E-state index in [1.54, 1.807) is 18.7 Å². The van der Waals surface area contributed by atoms with Crippen molar-refractivity contribution in [2.75, 3.05) is 12.8 Å². The van der Waals surface area contributed by atoms with Crippen LogP contribution in [-0.2, 0) is 0 Å². The lowest BCUT2D eigenvalue weighted by Crippen LogP contribution is -2.23. The third-order valence-electron chi connectivity index (χ3n) is 1.46. The summed E-state index contributed by atoms with van der Waals surface area (Å²) in [4.78, 5) is 0. The van der Waals surface area contributed by atoms with Crippen LogP contribution in [0.5, 0.6) is 0 Å². The summed E-state index contributed by atoms with van der Waals surface area (Å²) in [5.41, 5.74) is 0. The van der Waals surface area contributed by atoms with Gasteiger partial charge in [0.05, 0.1) is 0 Å². The summed E-state index contributed by atoms with van der Waals surface area (Å²) < 4.78 is 5.19. The highest BCUT2D eigenvalue weighted by Gasteiger charge is 2.05. The topological polar surface area (TPSA) is 51.0 Å². The van der Waals surface area contributed by atoms with Gasteiger partial charge in [0.2, 0.25) is 5.89 Å². The average Bonchev–Trinajstić information content (AvgIpc) is 2.47. The maximum Gasteiger partial charge on any atom is 0.276 e. The van der Waals surface area contributed by atoms with Crippen LogP contribution in [0.1, 0.15) is 12.8 Å². The second kappa shape index (κ2) is 4.47. The van der Waals surface area contributed by atoms with Crippen LogP contribution in [0.15, 0.2) is 9.64 Å². The van der Waals surface area contributed by atoms with Crippen molar-refractivity contribution < 1.29 is 4.42 Å². The highest BCUT2D eigenvalue weighted by atomic mass is 32.2. The second-order valence-electron chi connectivity index (χ2n) is 2.59. The first-order valence-corrected chi connectivity index (χ1v) is 4.81. The number of thioether (sulfide) groups is 1. The van der Waals surface area contributed by atoms with Crippen LogP contribution < -0.4 is 5.32 Å². The first-order valence-electron chi connectivity index (χ1n) is 3.82. The quantitative estimate of drug-likeness (QED) is 0.715. The third kappa shape index (κ3) is 2.83. The molecule has 12 heavy (non-hydrogen) atoms. The van der Waals surface area contributed by atoms with E-state index in [4.69, 9.17) is 4.42 Å². The van der Waals surface area contributed by atoms with E-state index >= 15 is 0 Å². The van der Waals surface area contributed by atoms with Crippen molar-refractivity contribution in [3.63, 3.8) is 0 Å². The monoisotopic (exact) mass is 187 g/mol. The van der Waals surface area contributed by atoms with Crippen LogP contribution in [0.3, 0.4) is 0 Å². The zero-order valence-electron chi connectivity index (χ0n) is 7.50. The lowest BCUT2D eigenvalue weighted by atomic mass is 10.4. The predicted molar refractivity (Wildman–Crippen MR) is 48.3 cm³/mol. The molecule has 1 atom stereocenters. The van der Waals surface area contributed by atoms with Crippen LogP contribution in [0, 0.1) is 6.92 Å². The highest BCUT2D eigenvalue weighted by molar-refractivity contribution is 7.99. The van der Waals surface area contributed by atoms with Crippen molar-refractivity contribution in [1.82, 2.24) is 15.5 Å². The summed E-state index contributed by atoms with van der Waals surface area (Å²) in [6.07, 6.45) is 0.